The lowest BCUT2D eigenvalue weighted by Crippen LogP contribution is -2.06. The third-order valence-corrected chi connectivity index (χ3v) is 9.81. The number of hydrogen-bond acceptors (Lipinski definition) is 3. The van der Waals surface area contributed by atoms with Crippen LogP contribution in [0, 0.1) is 0 Å². The zero-order valence-corrected chi connectivity index (χ0v) is 28.7. The minimum absolute atomic E-state index is 0.635. The van der Waals surface area contributed by atoms with E-state index >= 15 is 0 Å². The highest BCUT2D eigenvalue weighted by molar-refractivity contribution is 7.34. The van der Waals surface area contributed by atoms with E-state index in [1.54, 1.807) is 0 Å². The normalized spacial score (nSPS) is 12.5. The van der Waals surface area contributed by atoms with Gasteiger partial charge in [-0.15, -0.1) is 0 Å². The van der Waals surface area contributed by atoms with Gasteiger partial charge in [-0.2, -0.15) is 0 Å². The molecule has 3 nitrogen and oxygen atoms in total. The van der Waals surface area contributed by atoms with Crippen LogP contribution in [0.25, 0.3) is 22.3 Å². The summed E-state index contributed by atoms with van der Waals surface area (Å²) in [6.45, 7) is 9.02. The predicted molar refractivity (Wildman–Crippen MR) is 190 cm³/mol. The van der Waals surface area contributed by atoms with Crippen molar-refractivity contribution in [2.24, 2.45) is 0 Å². The van der Waals surface area contributed by atoms with Crippen LogP contribution in [0.2, 0.25) is 0 Å². The monoisotopic (exact) mass is 621 g/mol. The second kappa shape index (κ2) is 16.2. The third-order valence-electron chi connectivity index (χ3n) is 9.12. The summed E-state index contributed by atoms with van der Waals surface area (Å²) >= 11 is 0. The van der Waals surface area contributed by atoms with E-state index in [0.29, 0.717) is 17.9 Å². The van der Waals surface area contributed by atoms with Crippen molar-refractivity contribution >= 4 is 8.25 Å². The Morgan fingerprint density at radius 1 is 0.533 bits per heavy atom. The molecule has 0 atom stereocenters. The van der Waals surface area contributed by atoms with Crippen LogP contribution in [-0.2, 0) is 36.7 Å². The number of benzene rings is 4. The van der Waals surface area contributed by atoms with E-state index in [1.807, 2.05) is 24.3 Å². The van der Waals surface area contributed by atoms with Gasteiger partial charge >= 0.3 is 8.25 Å². The van der Waals surface area contributed by atoms with Crippen LogP contribution >= 0.6 is 8.25 Å². The highest BCUT2D eigenvalue weighted by Crippen LogP contribution is 2.46. The maximum Gasteiger partial charge on any atom is 0.805 e. The van der Waals surface area contributed by atoms with Gasteiger partial charge in [0.2, 0.25) is 0 Å². The fraction of sp³-hybridized carbons (Fsp3) is 0.415. The molecule has 236 valence electrons. The van der Waals surface area contributed by atoms with Crippen molar-refractivity contribution in [2.45, 2.75) is 111 Å². The van der Waals surface area contributed by atoms with Gasteiger partial charge in [0.1, 0.15) is 0 Å². The molecule has 4 heteroatoms. The number of fused-ring (bicyclic) bond motifs is 2. The smallest absolute Gasteiger partial charge is 0.222 e. The first-order chi connectivity index (χ1) is 22.1. The molecule has 0 unspecified atom stereocenters. The fourth-order valence-corrected chi connectivity index (χ4v) is 7.27. The first-order valence-electron chi connectivity index (χ1n) is 17.4. The van der Waals surface area contributed by atoms with Gasteiger partial charge in [0.05, 0.1) is 0 Å². The van der Waals surface area contributed by atoms with Crippen LogP contribution in [0.3, 0.4) is 0 Å². The molecule has 0 fully saturated rings. The molecule has 0 saturated heterocycles. The molecule has 45 heavy (non-hydrogen) atoms. The van der Waals surface area contributed by atoms with Gasteiger partial charge < -0.3 is 0 Å². The Kier molecular flexibility index (Phi) is 11.9. The standard InChI is InChI=1S/C41H50O3P/c1-5-9-15-30-23-25-34(32(27-30)17-11-7-3)36-19-13-21-40-38(36)29-39-37(20-14-22-41(39)44-45(42)43-40)35-26-24-31(16-10-6-2)28-33(35)18-12-8-4/h13-14,19-28H,5-12,15-18,29H2,1-4H3/q+1. The van der Waals surface area contributed by atoms with Crippen LogP contribution in [-0.4, -0.2) is 0 Å². The maximum absolute atomic E-state index is 13.3. The van der Waals surface area contributed by atoms with Gasteiger partial charge in [0.15, 0.2) is 11.5 Å². The summed E-state index contributed by atoms with van der Waals surface area (Å²) in [5.74, 6) is 1.29. The first-order valence-corrected chi connectivity index (χ1v) is 18.5. The number of unbranched alkanes of at least 4 members (excludes halogenated alkanes) is 4. The van der Waals surface area contributed by atoms with E-state index in [9.17, 15) is 4.57 Å². The quantitative estimate of drug-likeness (QED) is 0.131. The zero-order valence-electron chi connectivity index (χ0n) is 27.8. The van der Waals surface area contributed by atoms with Gasteiger partial charge in [-0.3, -0.25) is 0 Å². The van der Waals surface area contributed by atoms with Gasteiger partial charge in [0, 0.05) is 22.1 Å². The highest BCUT2D eigenvalue weighted by atomic mass is 31.1. The molecule has 0 N–H and O–H groups in total. The van der Waals surface area contributed by atoms with Crippen LogP contribution < -0.4 is 9.05 Å². The van der Waals surface area contributed by atoms with Crippen molar-refractivity contribution in [1.29, 1.82) is 0 Å². The SMILES string of the molecule is CCCCc1ccc(-c2cccc3c2Cc2c(cccc2-c2ccc(CCCC)cc2CCCC)O[P+](=O)O3)c(CCCC)c1. The van der Waals surface area contributed by atoms with Crippen LogP contribution in [0.5, 0.6) is 11.5 Å². The van der Waals surface area contributed by atoms with E-state index in [0.717, 1.165) is 73.6 Å². The van der Waals surface area contributed by atoms with Crippen LogP contribution in [0.4, 0.5) is 0 Å². The van der Waals surface area contributed by atoms with E-state index in [-0.39, 0.29) is 0 Å². The van der Waals surface area contributed by atoms with Gasteiger partial charge in [-0.05, 0) is 108 Å². The molecule has 4 aromatic carbocycles. The molecular weight excluding hydrogens is 571 g/mol. The molecule has 0 aliphatic carbocycles. The Hall–Kier alpha value is -3.42. The van der Waals surface area contributed by atoms with Crippen LogP contribution in [0.1, 0.15) is 112 Å². The molecule has 0 amide bonds. The summed E-state index contributed by atoms with van der Waals surface area (Å²) in [5, 5.41) is 0. The molecule has 5 rings (SSSR count). The molecule has 1 aliphatic rings. The average molecular weight is 622 g/mol. The van der Waals surface area contributed by atoms with Crippen molar-refractivity contribution in [3.63, 3.8) is 0 Å². The lowest BCUT2D eigenvalue weighted by molar-refractivity contribution is 0.409. The summed E-state index contributed by atoms with van der Waals surface area (Å²) in [7, 11) is -2.38. The Labute approximate surface area is 272 Å². The molecular formula is C41H50O3P+. The van der Waals surface area contributed by atoms with E-state index < -0.39 is 8.25 Å². The summed E-state index contributed by atoms with van der Waals surface area (Å²) in [6.07, 6.45) is 14.3. The molecule has 0 radical (unpaired) electrons. The lowest BCUT2D eigenvalue weighted by Gasteiger charge is -2.21. The summed E-state index contributed by atoms with van der Waals surface area (Å²) in [6, 6.07) is 26.4. The van der Waals surface area contributed by atoms with Crippen molar-refractivity contribution in [2.75, 3.05) is 0 Å². The first kappa shape index (κ1) is 33.0. The molecule has 0 bridgehead atoms. The molecule has 1 heterocycles. The predicted octanol–water partition coefficient (Wildman–Crippen LogP) is 12.4. The Morgan fingerprint density at radius 3 is 1.38 bits per heavy atom. The minimum Gasteiger partial charge on any atom is -0.222 e. The highest BCUT2D eigenvalue weighted by Gasteiger charge is 2.33. The summed E-state index contributed by atoms with van der Waals surface area (Å²) < 4.78 is 25.3. The minimum atomic E-state index is -2.38. The second-order valence-electron chi connectivity index (χ2n) is 12.5. The van der Waals surface area contributed by atoms with Gasteiger partial charge in [-0.1, -0.05) is 114 Å². The number of aryl methyl sites for hydroxylation is 4. The van der Waals surface area contributed by atoms with Crippen molar-refractivity contribution in [3.05, 3.63) is 106 Å². The van der Waals surface area contributed by atoms with E-state index in [4.69, 9.17) is 9.05 Å². The largest absolute Gasteiger partial charge is 0.805 e. The lowest BCUT2D eigenvalue weighted by atomic mass is 9.85. The molecule has 4 aromatic rings. The molecule has 0 saturated carbocycles. The third kappa shape index (κ3) is 8.06. The van der Waals surface area contributed by atoms with Gasteiger partial charge in [0.25, 0.3) is 0 Å². The fourth-order valence-electron chi connectivity index (χ4n) is 6.57. The average Bonchev–Trinajstić information content (AvgIpc) is 3.05. The topological polar surface area (TPSA) is 35.5 Å². The summed E-state index contributed by atoms with van der Waals surface area (Å²) in [5.41, 5.74) is 12.6. The Morgan fingerprint density at radius 2 is 0.956 bits per heavy atom. The zero-order chi connectivity index (χ0) is 31.6. The molecule has 1 aliphatic heterocycles. The van der Waals surface area contributed by atoms with Gasteiger partial charge in [-0.25, -0.2) is 9.05 Å². The maximum atomic E-state index is 13.3. The molecule has 0 spiro atoms. The number of rotatable bonds is 14. The Balaban J connectivity index is 1.65. The van der Waals surface area contributed by atoms with E-state index in [1.165, 1.54) is 59.1 Å². The Bertz CT molecular complexity index is 1490. The molecule has 0 aromatic heterocycles. The van der Waals surface area contributed by atoms with E-state index in [2.05, 4.69) is 76.2 Å². The van der Waals surface area contributed by atoms with Crippen LogP contribution in [0.15, 0.2) is 72.8 Å². The van der Waals surface area contributed by atoms with Crippen molar-refractivity contribution in [3.8, 4) is 33.8 Å². The number of hydrogen-bond donors (Lipinski definition) is 0. The summed E-state index contributed by atoms with van der Waals surface area (Å²) in [4.78, 5) is 0. The van der Waals surface area contributed by atoms with Crippen molar-refractivity contribution < 1.29 is 13.6 Å². The van der Waals surface area contributed by atoms with Crippen molar-refractivity contribution in [1.82, 2.24) is 0 Å². The second-order valence-corrected chi connectivity index (χ2v) is 13.4.